The largest absolute Gasteiger partial charge is 0.505 e. The van der Waals surface area contributed by atoms with Crippen molar-refractivity contribution in [1.29, 1.82) is 0 Å². The molecule has 0 aliphatic carbocycles. The van der Waals surface area contributed by atoms with Crippen LogP contribution < -0.4 is 0 Å². The number of halogens is 1. The van der Waals surface area contributed by atoms with Crippen LogP contribution in [0.2, 0.25) is 5.02 Å². The molecule has 1 aromatic carbocycles. The topological polar surface area (TPSA) is 63.8 Å². The van der Waals surface area contributed by atoms with Gasteiger partial charge in [0.15, 0.2) is 5.76 Å². The molecule has 0 atom stereocenters. The van der Waals surface area contributed by atoms with Crippen molar-refractivity contribution in [3.63, 3.8) is 0 Å². The number of carbonyl (C=O) groups is 1. The van der Waals surface area contributed by atoms with Crippen LogP contribution in [0.15, 0.2) is 52.4 Å². The van der Waals surface area contributed by atoms with Gasteiger partial charge in [-0.1, -0.05) is 17.7 Å². The van der Waals surface area contributed by atoms with Crippen LogP contribution in [-0.4, -0.2) is 28.0 Å². The Hall–Kier alpha value is -2.79. The molecule has 2 aromatic rings. The third-order valence-corrected chi connectivity index (χ3v) is 4.67. The second-order valence-corrected chi connectivity index (χ2v) is 6.75. The maximum atomic E-state index is 12.0. The zero-order valence-electron chi connectivity index (χ0n) is 15.7. The Morgan fingerprint density at radius 1 is 1.30 bits per heavy atom. The van der Waals surface area contributed by atoms with Crippen molar-refractivity contribution in [1.82, 2.24) is 4.57 Å². The number of hydrogen-bond donors (Lipinski definition) is 1. The number of rotatable bonds is 4. The summed E-state index contributed by atoms with van der Waals surface area (Å²) >= 11 is 6.12. The Morgan fingerprint density at radius 3 is 2.70 bits per heavy atom. The molecule has 0 spiro atoms. The Kier molecular flexibility index (Phi) is 5.24. The van der Waals surface area contributed by atoms with Gasteiger partial charge in [0.1, 0.15) is 11.3 Å². The predicted octanol–water partition coefficient (Wildman–Crippen LogP) is 4.94. The molecule has 0 saturated carbocycles. The molecule has 2 heterocycles. The van der Waals surface area contributed by atoms with E-state index in [9.17, 15) is 9.90 Å². The summed E-state index contributed by atoms with van der Waals surface area (Å²) in [6.07, 6.45) is 1.77. The molecule has 3 rings (SSSR count). The van der Waals surface area contributed by atoms with Gasteiger partial charge in [-0.15, -0.1) is 0 Å². The average Bonchev–Trinajstić information content (AvgIpc) is 3.03. The fourth-order valence-electron chi connectivity index (χ4n) is 3.23. The van der Waals surface area contributed by atoms with Gasteiger partial charge >= 0.3 is 5.97 Å². The molecule has 0 unspecified atom stereocenters. The minimum absolute atomic E-state index is 0.117. The lowest BCUT2D eigenvalue weighted by atomic mass is 10.1. The third-order valence-electron chi connectivity index (χ3n) is 4.44. The quantitative estimate of drug-likeness (QED) is 0.759. The first kappa shape index (κ1) is 19.0. The van der Waals surface area contributed by atoms with Crippen LogP contribution in [0, 0.1) is 13.8 Å². The molecular formula is C21H21ClN2O3. The number of carbonyl (C=O) groups excluding carboxylic acids is 1. The van der Waals surface area contributed by atoms with Crippen LogP contribution in [-0.2, 0) is 9.53 Å². The van der Waals surface area contributed by atoms with Gasteiger partial charge in [0.2, 0.25) is 0 Å². The Morgan fingerprint density at radius 2 is 2.04 bits per heavy atom. The number of ether oxygens (including phenoxy) is 1. The monoisotopic (exact) mass is 384 g/mol. The van der Waals surface area contributed by atoms with Crippen molar-refractivity contribution in [3.8, 4) is 5.69 Å². The van der Waals surface area contributed by atoms with Crippen LogP contribution in [0.5, 0.6) is 0 Å². The number of benzene rings is 1. The molecule has 1 aliphatic heterocycles. The highest BCUT2D eigenvalue weighted by atomic mass is 35.5. The van der Waals surface area contributed by atoms with E-state index in [-0.39, 0.29) is 17.9 Å². The SMILES string of the molecule is CCOC(=O)C1=C(O)C(=Cc2cc(C)n(-c3cccc(Cl)c3)c2C)N=C1C. The van der Waals surface area contributed by atoms with Gasteiger partial charge in [0, 0.05) is 22.1 Å². The molecular weight excluding hydrogens is 364 g/mol. The van der Waals surface area contributed by atoms with Crippen molar-refractivity contribution in [2.45, 2.75) is 27.7 Å². The summed E-state index contributed by atoms with van der Waals surface area (Å²) in [5.74, 6) is -0.720. The number of aromatic nitrogens is 1. The van der Waals surface area contributed by atoms with E-state index in [2.05, 4.69) is 9.56 Å². The lowest BCUT2D eigenvalue weighted by molar-refractivity contribution is -0.138. The van der Waals surface area contributed by atoms with E-state index >= 15 is 0 Å². The molecule has 140 valence electrons. The van der Waals surface area contributed by atoms with Crippen LogP contribution in [0.25, 0.3) is 11.8 Å². The van der Waals surface area contributed by atoms with Crippen LogP contribution >= 0.6 is 11.6 Å². The van der Waals surface area contributed by atoms with Gasteiger partial charge < -0.3 is 14.4 Å². The molecule has 1 aromatic heterocycles. The van der Waals surface area contributed by atoms with Crippen LogP contribution in [0.1, 0.15) is 30.8 Å². The van der Waals surface area contributed by atoms with Crippen molar-refractivity contribution in [3.05, 3.63) is 69.3 Å². The van der Waals surface area contributed by atoms with E-state index in [0.29, 0.717) is 16.4 Å². The van der Waals surface area contributed by atoms with Gasteiger partial charge in [-0.3, -0.25) is 0 Å². The first-order chi connectivity index (χ1) is 12.8. The van der Waals surface area contributed by atoms with E-state index in [1.165, 1.54) is 0 Å². The summed E-state index contributed by atoms with van der Waals surface area (Å²) in [7, 11) is 0. The van der Waals surface area contributed by atoms with E-state index in [1.54, 1.807) is 19.9 Å². The summed E-state index contributed by atoms with van der Waals surface area (Å²) in [6.45, 7) is 7.62. The molecule has 0 fully saturated rings. The van der Waals surface area contributed by atoms with Gasteiger partial charge in [0.05, 0.1) is 12.3 Å². The molecule has 1 aliphatic rings. The maximum Gasteiger partial charge on any atom is 0.343 e. The number of hydrogen-bond acceptors (Lipinski definition) is 4. The highest BCUT2D eigenvalue weighted by Crippen LogP contribution is 2.29. The summed E-state index contributed by atoms with van der Waals surface area (Å²) in [6, 6.07) is 9.62. The Labute approximate surface area is 163 Å². The van der Waals surface area contributed by atoms with E-state index in [4.69, 9.17) is 16.3 Å². The summed E-state index contributed by atoms with van der Waals surface area (Å²) in [5.41, 5.74) is 4.77. The van der Waals surface area contributed by atoms with Gasteiger partial charge in [-0.2, -0.15) is 0 Å². The second-order valence-electron chi connectivity index (χ2n) is 6.31. The molecule has 6 heteroatoms. The first-order valence-corrected chi connectivity index (χ1v) is 9.04. The van der Waals surface area contributed by atoms with Crippen molar-refractivity contribution in [2.75, 3.05) is 6.61 Å². The number of esters is 1. The van der Waals surface area contributed by atoms with Gasteiger partial charge in [-0.05, 0) is 63.6 Å². The minimum atomic E-state index is -0.566. The molecule has 0 bridgehead atoms. The highest BCUT2D eigenvalue weighted by Gasteiger charge is 2.28. The Bertz CT molecular complexity index is 1010. The fraction of sp³-hybridized carbons (Fsp3) is 0.238. The van der Waals surface area contributed by atoms with E-state index in [0.717, 1.165) is 22.6 Å². The van der Waals surface area contributed by atoms with Crippen LogP contribution in [0.3, 0.4) is 0 Å². The van der Waals surface area contributed by atoms with Gasteiger partial charge in [0.25, 0.3) is 0 Å². The Balaban J connectivity index is 2.04. The molecule has 0 saturated heterocycles. The third kappa shape index (κ3) is 3.55. The number of aliphatic hydroxyl groups is 1. The lowest BCUT2D eigenvalue weighted by Gasteiger charge is -2.10. The second kappa shape index (κ2) is 7.45. The van der Waals surface area contributed by atoms with Gasteiger partial charge in [-0.25, -0.2) is 9.79 Å². The summed E-state index contributed by atoms with van der Waals surface area (Å²) in [4.78, 5) is 16.4. The lowest BCUT2D eigenvalue weighted by Crippen LogP contribution is -2.13. The molecule has 0 radical (unpaired) electrons. The molecule has 1 N–H and O–H groups in total. The highest BCUT2D eigenvalue weighted by molar-refractivity contribution is 6.30. The summed E-state index contributed by atoms with van der Waals surface area (Å²) in [5, 5.41) is 11.1. The maximum absolute atomic E-state index is 12.0. The standard InChI is InChI=1S/C21H21ClN2O3/c1-5-27-21(26)19-13(3)23-18(20(19)25)10-15-9-12(2)24(14(15)4)17-8-6-7-16(22)11-17/h6-11,25H,5H2,1-4H3. The minimum Gasteiger partial charge on any atom is -0.505 e. The smallest absolute Gasteiger partial charge is 0.343 e. The zero-order valence-corrected chi connectivity index (χ0v) is 16.5. The fourth-order valence-corrected chi connectivity index (χ4v) is 3.42. The zero-order chi connectivity index (χ0) is 19.7. The van der Waals surface area contributed by atoms with E-state index in [1.807, 2.05) is 44.2 Å². The number of aliphatic imine (C=N–C) groups is 1. The number of nitrogens with zero attached hydrogens (tertiary/aromatic N) is 2. The van der Waals surface area contributed by atoms with E-state index < -0.39 is 5.97 Å². The van der Waals surface area contributed by atoms with Crippen molar-refractivity contribution < 1.29 is 14.6 Å². The number of aryl methyl sites for hydroxylation is 1. The normalized spacial score (nSPS) is 15.4. The molecule has 5 nitrogen and oxygen atoms in total. The summed E-state index contributed by atoms with van der Waals surface area (Å²) < 4.78 is 7.08. The van der Waals surface area contributed by atoms with Crippen molar-refractivity contribution >= 4 is 29.4 Å². The van der Waals surface area contributed by atoms with Crippen molar-refractivity contribution in [2.24, 2.45) is 4.99 Å². The molecule has 0 amide bonds. The predicted molar refractivity (Wildman–Crippen MR) is 108 cm³/mol. The van der Waals surface area contributed by atoms with Crippen LogP contribution in [0.4, 0.5) is 0 Å². The first-order valence-electron chi connectivity index (χ1n) is 8.66. The number of aliphatic hydroxyl groups excluding tert-OH is 1. The molecule has 27 heavy (non-hydrogen) atoms. The average molecular weight is 385 g/mol.